The van der Waals surface area contributed by atoms with E-state index in [0.717, 1.165) is 32.7 Å². The lowest BCUT2D eigenvalue weighted by atomic mass is 10.0. The van der Waals surface area contributed by atoms with Crippen molar-refractivity contribution < 1.29 is 4.79 Å². The summed E-state index contributed by atoms with van der Waals surface area (Å²) in [5.74, 6) is 0.118. The van der Waals surface area contributed by atoms with Gasteiger partial charge in [0.25, 0.3) is 0 Å². The zero-order valence-electron chi connectivity index (χ0n) is 14.9. The quantitative estimate of drug-likeness (QED) is 0.816. The van der Waals surface area contributed by atoms with Crippen LogP contribution in [0.15, 0.2) is 30.3 Å². The van der Waals surface area contributed by atoms with E-state index in [0.29, 0.717) is 0 Å². The Morgan fingerprint density at radius 3 is 2.25 bits per heavy atom. The van der Waals surface area contributed by atoms with Gasteiger partial charge in [0, 0.05) is 44.5 Å². The average Bonchev–Trinajstić information content (AvgIpc) is 2.55. The summed E-state index contributed by atoms with van der Waals surface area (Å²) in [6, 6.07) is 10.2. The van der Waals surface area contributed by atoms with Gasteiger partial charge in [-0.2, -0.15) is 0 Å². The number of hydrogen-bond acceptors (Lipinski definition) is 4. The Morgan fingerprint density at radius 1 is 1.12 bits per heavy atom. The van der Waals surface area contributed by atoms with Crippen LogP contribution in [-0.2, 0) is 4.79 Å². The lowest BCUT2D eigenvalue weighted by Gasteiger charge is -2.37. The third kappa shape index (κ3) is 5.96. The maximum atomic E-state index is 12.0. The average molecular weight is 355 g/mol. The molecule has 6 heteroatoms. The highest BCUT2D eigenvalue weighted by atomic mass is 35.5. The molecule has 0 bridgehead atoms. The molecule has 2 rings (SSSR count). The summed E-state index contributed by atoms with van der Waals surface area (Å²) < 4.78 is 0. The lowest BCUT2D eigenvalue weighted by molar-refractivity contribution is -0.123. The molecule has 1 aromatic rings. The molecular weight excluding hydrogens is 324 g/mol. The van der Waals surface area contributed by atoms with Crippen LogP contribution in [0.4, 0.5) is 5.69 Å². The molecule has 136 valence electrons. The van der Waals surface area contributed by atoms with Gasteiger partial charge in [-0.3, -0.25) is 9.69 Å². The number of nitrogens with zero attached hydrogens (tertiary/aromatic N) is 2. The van der Waals surface area contributed by atoms with Crippen LogP contribution >= 0.6 is 12.4 Å². The lowest BCUT2D eigenvalue weighted by Crippen LogP contribution is -2.53. The number of halogens is 1. The summed E-state index contributed by atoms with van der Waals surface area (Å²) >= 11 is 0. The van der Waals surface area contributed by atoms with Crippen LogP contribution in [0.25, 0.3) is 0 Å². The summed E-state index contributed by atoms with van der Waals surface area (Å²) in [7, 11) is 0. The molecule has 1 heterocycles. The Kier molecular flexibility index (Phi) is 8.53. The fraction of sp³-hybridized carbons (Fsp3) is 0.611. The number of carbonyl (C=O) groups is 1. The van der Waals surface area contributed by atoms with Crippen LogP contribution in [0, 0.1) is 5.92 Å². The van der Waals surface area contributed by atoms with E-state index in [-0.39, 0.29) is 30.3 Å². The molecule has 1 aliphatic heterocycles. The zero-order chi connectivity index (χ0) is 16.8. The maximum absolute atomic E-state index is 12.0. The Morgan fingerprint density at radius 2 is 1.71 bits per heavy atom. The summed E-state index contributed by atoms with van der Waals surface area (Å²) in [6.45, 7) is 11.0. The highest BCUT2D eigenvalue weighted by Gasteiger charge is 2.22. The van der Waals surface area contributed by atoms with E-state index in [1.807, 2.05) is 19.9 Å². The fourth-order valence-electron chi connectivity index (χ4n) is 2.90. The van der Waals surface area contributed by atoms with E-state index in [2.05, 4.69) is 46.3 Å². The first-order valence-corrected chi connectivity index (χ1v) is 8.55. The Bertz CT molecular complexity index is 489. The first-order valence-electron chi connectivity index (χ1n) is 8.55. The second kappa shape index (κ2) is 9.87. The standard InChI is InChI=1S/C18H30N4O.ClH/c1-14(2)17(19)18(23)20-15(3)13-21-9-11-22(12-10-21)16-7-5-4-6-8-16;/h4-8,14-15,17H,9-13,19H2,1-3H3,(H,20,23);1H/t15?,17-;/m0./s1. The largest absolute Gasteiger partial charge is 0.369 e. The predicted molar refractivity (Wildman–Crippen MR) is 103 cm³/mol. The highest BCUT2D eigenvalue weighted by Crippen LogP contribution is 2.15. The predicted octanol–water partition coefficient (Wildman–Crippen LogP) is 1.72. The summed E-state index contributed by atoms with van der Waals surface area (Å²) in [6.07, 6.45) is 0. The number of nitrogens with two attached hydrogens (primary N) is 1. The van der Waals surface area contributed by atoms with Crippen molar-refractivity contribution in [2.75, 3.05) is 37.6 Å². The van der Waals surface area contributed by atoms with Crippen molar-refractivity contribution in [3.63, 3.8) is 0 Å². The minimum absolute atomic E-state index is 0. The van der Waals surface area contributed by atoms with Crippen molar-refractivity contribution in [1.29, 1.82) is 0 Å². The highest BCUT2D eigenvalue weighted by molar-refractivity contribution is 5.85. The molecule has 1 amide bonds. The second-order valence-corrected chi connectivity index (χ2v) is 6.80. The molecule has 1 aromatic carbocycles. The Balaban J connectivity index is 0.00000288. The molecule has 1 saturated heterocycles. The Labute approximate surface area is 152 Å². The number of hydrogen-bond donors (Lipinski definition) is 2. The van der Waals surface area contributed by atoms with Gasteiger partial charge in [-0.05, 0) is 25.0 Å². The van der Waals surface area contributed by atoms with Crippen molar-refractivity contribution in [2.45, 2.75) is 32.9 Å². The van der Waals surface area contributed by atoms with Gasteiger partial charge in [-0.1, -0.05) is 32.0 Å². The number of nitrogens with one attached hydrogen (secondary N) is 1. The maximum Gasteiger partial charge on any atom is 0.237 e. The van der Waals surface area contributed by atoms with Crippen LogP contribution < -0.4 is 16.0 Å². The van der Waals surface area contributed by atoms with Gasteiger partial charge < -0.3 is 16.0 Å². The monoisotopic (exact) mass is 354 g/mol. The van der Waals surface area contributed by atoms with Crippen LogP contribution in [0.2, 0.25) is 0 Å². The molecule has 0 aliphatic carbocycles. The molecule has 0 radical (unpaired) electrons. The van der Waals surface area contributed by atoms with Crippen LogP contribution in [-0.4, -0.2) is 55.6 Å². The van der Waals surface area contributed by atoms with Crippen LogP contribution in [0.5, 0.6) is 0 Å². The zero-order valence-corrected chi connectivity index (χ0v) is 15.8. The SMILES string of the molecule is CC(CN1CCN(c2ccccc2)CC1)NC(=O)[C@@H](N)C(C)C.Cl. The number of para-hydroxylation sites is 1. The van der Waals surface area contributed by atoms with E-state index in [1.165, 1.54) is 5.69 Å². The van der Waals surface area contributed by atoms with Crippen molar-refractivity contribution in [2.24, 2.45) is 11.7 Å². The first kappa shape index (κ1) is 20.7. The van der Waals surface area contributed by atoms with Crippen LogP contribution in [0.1, 0.15) is 20.8 Å². The van der Waals surface area contributed by atoms with Crippen LogP contribution in [0.3, 0.4) is 0 Å². The van der Waals surface area contributed by atoms with Gasteiger partial charge in [0.1, 0.15) is 0 Å². The summed E-state index contributed by atoms with van der Waals surface area (Å²) in [4.78, 5) is 16.8. The number of rotatable bonds is 6. The Hall–Kier alpha value is -1.30. The first-order chi connectivity index (χ1) is 11.0. The van der Waals surface area contributed by atoms with Gasteiger partial charge >= 0.3 is 0 Å². The third-order valence-corrected chi connectivity index (χ3v) is 4.44. The number of amides is 1. The topological polar surface area (TPSA) is 61.6 Å². The van der Waals surface area contributed by atoms with Crippen molar-refractivity contribution >= 4 is 24.0 Å². The summed E-state index contributed by atoms with van der Waals surface area (Å²) in [5, 5.41) is 3.03. The summed E-state index contributed by atoms with van der Waals surface area (Å²) in [5.41, 5.74) is 7.18. The molecule has 0 spiro atoms. The molecule has 1 aliphatic rings. The third-order valence-electron chi connectivity index (χ3n) is 4.44. The molecular formula is C18H31ClN4O. The smallest absolute Gasteiger partial charge is 0.237 e. The molecule has 24 heavy (non-hydrogen) atoms. The van der Waals surface area contributed by atoms with E-state index in [1.54, 1.807) is 0 Å². The number of piperazine rings is 1. The van der Waals surface area contributed by atoms with Gasteiger partial charge in [0.2, 0.25) is 5.91 Å². The molecule has 3 N–H and O–H groups in total. The molecule has 1 fully saturated rings. The number of benzene rings is 1. The van der Waals surface area contributed by atoms with Gasteiger partial charge in [-0.25, -0.2) is 0 Å². The van der Waals surface area contributed by atoms with E-state index < -0.39 is 6.04 Å². The van der Waals surface area contributed by atoms with Gasteiger partial charge in [0.15, 0.2) is 0 Å². The minimum atomic E-state index is -0.424. The van der Waals surface area contributed by atoms with E-state index in [9.17, 15) is 4.79 Å². The van der Waals surface area contributed by atoms with Crippen molar-refractivity contribution in [3.8, 4) is 0 Å². The number of anilines is 1. The number of carbonyl (C=O) groups excluding carboxylic acids is 1. The molecule has 1 unspecified atom stereocenters. The molecule has 0 aromatic heterocycles. The molecule has 0 saturated carbocycles. The van der Waals surface area contributed by atoms with E-state index >= 15 is 0 Å². The van der Waals surface area contributed by atoms with Gasteiger partial charge in [0.05, 0.1) is 6.04 Å². The molecule has 2 atom stereocenters. The molecule has 5 nitrogen and oxygen atoms in total. The van der Waals surface area contributed by atoms with E-state index in [4.69, 9.17) is 5.73 Å². The second-order valence-electron chi connectivity index (χ2n) is 6.80. The van der Waals surface area contributed by atoms with Crippen molar-refractivity contribution in [3.05, 3.63) is 30.3 Å². The normalized spacial score (nSPS) is 18.0. The van der Waals surface area contributed by atoms with Gasteiger partial charge in [-0.15, -0.1) is 12.4 Å². The fourth-order valence-corrected chi connectivity index (χ4v) is 2.90. The van der Waals surface area contributed by atoms with Crippen molar-refractivity contribution in [1.82, 2.24) is 10.2 Å². The minimum Gasteiger partial charge on any atom is -0.369 e.